The van der Waals surface area contributed by atoms with Crippen LogP contribution in [-0.2, 0) is 12.8 Å². The molecule has 0 bridgehead atoms. The Hall–Kier alpha value is -2.80. The van der Waals surface area contributed by atoms with Crippen molar-refractivity contribution in [2.75, 3.05) is 4.90 Å². The number of aryl methyl sites for hydroxylation is 2. The molecule has 0 aliphatic rings. The van der Waals surface area contributed by atoms with Gasteiger partial charge in [0.15, 0.2) is 0 Å². The normalized spacial score (nSPS) is 9.45. The second kappa shape index (κ2) is 13.4. The van der Waals surface area contributed by atoms with Gasteiger partial charge in [0.05, 0.1) is 0 Å². The van der Waals surface area contributed by atoms with Crippen LogP contribution in [0.4, 0.5) is 17.1 Å². The summed E-state index contributed by atoms with van der Waals surface area (Å²) >= 11 is 0. The van der Waals surface area contributed by atoms with E-state index in [2.05, 4.69) is 98.1 Å². The highest BCUT2D eigenvalue weighted by molar-refractivity contribution is 5.77. The predicted octanol–water partition coefficient (Wildman–Crippen LogP) is 8.98. The van der Waals surface area contributed by atoms with E-state index < -0.39 is 0 Å². The number of hydrogen-bond acceptors (Lipinski definition) is 1. The summed E-state index contributed by atoms with van der Waals surface area (Å²) < 4.78 is 0. The van der Waals surface area contributed by atoms with Crippen molar-refractivity contribution >= 4 is 23.1 Å². The fraction of sp³-hybridized carbons (Fsp3) is 0.286. The zero-order valence-electron chi connectivity index (χ0n) is 19.1. The molecule has 0 spiro atoms. The largest absolute Gasteiger partial charge is 0.310 e. The molecule has 1 nitrogen and oxygen atoms in total. The molecule has 0 atom stereocenters. The topological polar surface area (TPSA) is 3.24 Å². The molecule has 3 aromatic rings. The van der Waals surface area contributed by atoms with Crippen LogP contribution in [0.1, 0.15) is 58.2 Å². The summed E-state index contributed by atoms with van der Waals surface area (Å²) in [4.78, 5) is 2.30. The van der Waals surface area contributed by atoms with E-state index in [9.17, 15) is 0 Å². The fourth-order valence-corrected chi connectivity index (χ4v) is 3.00. The highest BCUT2D eigenvalue weighted by atomic mass is 15.1. The molecule has 0 aliphatic heterocycles. The molecule has 3 aromatic carbocycles. The molecule has 1 heteroatoms. The van der Waals surface area contributed by atoms with Crippen molar-refractivity contribution in [3.8, 4) is 0 Å². The Kier molecular flexibility index (Phi) is 11.2. The zero-order chi connectivity index (χ0) is 21.6. The van der Waals surface area contributed by atoms with Gasteiger partial charge in [-0.15, -0.1) is 0 Å². The van der Waals surface area contributed by atoms with E-state index in [-0.39, 0.29) is 0 Å². The molecule has 0 heterocycles. The average molecular weight is 388 g/mol. The zero-order valence-corrected chi connectivity index (χ0v) is 19.1. The maximum Gasteiger partial charge on any atom is 0.0467 e. The third-order valence-corrected chi connectivity index (χ3v) is 4.57. The van der Waals surface area contributed by atoms with Crippen LogP contribution in [-0.4, -0.2) is 0 Å². The maximum absolute atomic E-state index is 3.90. The maximum atomic E-state index is 3.90. The van der Waals surface area contributed by atoms with Crippen LogP contribution in [0, 0.1) is 0 Å². The molecule has 154 valence electrons. The fourth-order valence-electron chi connectivity index (χ4n) is 3.00. The SMILES string of the molecule is C=Cc1cccc(N(c2ccc(CC)cc2)c2ccc(CC)cc2)c1.CC.CC. The Balaban J connectivity index is 0.000000989. The molecule has 3 rings (SSSR count). The third kappa shape index (κ3) is 6.64. The lowest BCUT2D eigenvalue weighted by atomic mass is 10.1. The van der Waals surface area contributed by atoms with Gasteiger partial charge < -0.3 is 4.90 Å². The van der Waals surface area contributed by atoms with Gasteiger partial charge in [-0.1, -0.05) is 90.6 Å². The molecule has 0 unspecified atom stereocenters. The molecule has 0 fully saturated rings. The lowest BCUT2D eigenvalue weighted by molar-refractivity contribution is 1.13. The van der Waals surface area contributed by atoms with E-state index in [1.165, 1.54) is 22.5 Å². The van der Waals surface area contributed by atoms with Crippen LogP contribution in [0.2, 0.25) is 0 Å². The number of rotatable bonds is 6. The van der Waals surface area contributed by atoms with Gasteiger partial charge in [0.2, 0.25) is 0 Å². The van der Waals surface area contributed by atoms with Crippen molar-refractivity contribution in [1.82, 2.24) is 0 Å². The van der Waals surface area contributed by atoms with Gasteiger partial charge >= 0.3 is 0 Å². The minimum atomic E-state index is 1.05. The highest BCUT2D eigenvalue weighted by Crippen LogP contribution is 2.35. The van der Waals surface area contributed by atoms with Gasteiger partial charge in [-0.25, -0.2) is 0 Å². The molecule has 0 saturated heterocycles. The molecular formula is C28H37N. The number of hydrogen-bond donors (Lipinski definition) is 0. The number of anilines is 3. The first-order chi connectivity index (χ1) is 14.2. The molecule has 0 N–H and O–H groups in total. The van der Waals surface area contributed by atoms with Gasteiger partial charge in [0.1, 0.15) is 0 Å². The van der Waals surface area contributed by atoms with E-state index in [1.54, 1.807) is 0 Å². The van der Waals surface area contributed by atoms with Gasteiger partial charge in [-0.05, 0) is 65.9 Å². The monoisotopic (exact) mass is 387 g/mol. The molecule has 0 saturated carbocycles. The number of benzene rings is 3. The summed E-state index contributed by atoms with van der Waals surface area (Å²) in [6.07, 6.45) is 4.00. The van der Waals surface area contributed by atoms with Crippen molar-refractivity contribution in [3.05, 3.63) is 96.1 Å². The predicted molar refractivity (Wildman–Crippen MR) is 133 cm³/mol. The Morgan fingerprint density at radius 3 is 1.48 bits per heavy atom. The quantitative estimate of drug-likeness (QED) is 0.408. The van der Waals surface area contributed by atoms with E-state index in [4.69, 9.17) is 0 Å². The van der Waals surface area contributed by atoms with Crippen LogP contribution in [0.5, 0.6) is 0 Å². The van der Waals surface area contributed by atoms with Crippen LogP contribution >= 0.6 is 0 Å². The van der Waals surface area contributed by atoms with Crippen LogP contribution in [0.25, 0.3) is 6.08 Å². The molecule has 0 radical (unpaired) electrons. The van der Waals surface area contributed by atoms with Gasteiger partial charge in [0.25, 0.3) is 0 Å². The van der Waals surface area contributed by atoms with Crippen molar-refractivity contribution in [2.45, 2.75) is 54.4 Å². The molecule has 0 aliphatic carbocycles. The van der Waals surface area contributed by atoms with Gasteiger partial charge in [-0.2, -0.15) is 0 Å². The first-order valence-corrected chi connectivity index (χ1v) is 11.0. The molecule has 0 aromatic heterocycles. The van der Waals surface area contributed by atoms with Gasteiger partial charge in [-0.3, -0.25) is 0 Å². The lowest BCUT2D eigenvalue weighted by Crippen LogP contribution is -2.10. The number of nitrogens with zero attached hydrogens (tertiary/aromatic N) is 1. The molecule has 29 heavy (non-hydrogen) atoms. The van der Waals surface area contributed by atoms with E-state index in [0.29, 0.717) is 0 Å². The highest BCUT2D eigenvalue weighted by Gasteiger charge is 2.12. The summed E-state index contributed by atoms with van der Waals surface area (Å²) in [5.41, 5.74) is 7.31. The third-order valence-electron chi connectivity index (χ3n) is 4.57. The summed E-state index contributed by atoms with van der Waals surface area (Å²) in [6.45, 7) is 16.3. The Morgan fingerprint density at radius 2 is 1.10 bits per heavy atom. The minimum Gasteiger partial charge on any atom is -0.310 e. The van der Waals surface area contributed by atoms with Crippen molar-refractivity contribution < 1.29 is 0 Å². The Bertz CT molecular complexity index is 781. The van der Waals surface area contributed by atoms with E-state index in [1.807, 2.05) is 33.8 Å². The Labute approximate surface area is 178 Å². The van der Waals surface area contributed by atoms with Gasteiger partial charge in [0, 0.05) is 17.1 Å². The standard InChI is InChI=1S/C24H25N.2C2H6/c1-4-19-10-14-22(15-11-19)25(23-16-12-20(5-2)13-17-23)24-9-7-8-21(6-3)18-24;2*1-2/h6-18H,3-5H2,1-2H3;2*1-2H3. The van der Waals surface area contributed by atoms with Crippen molar-refractivity contribution in [2.24, 2.45) is 0 Å². The molecule has 0 amide bonds. The van der Waals surface area contributed by atoms with E-state index >= 15 is 0 Å². The second-order valence-corrected chi connectivity index (χ2v) is 6.17. The summed E-state index contributed by atoms with van der Waals surface area (Å²) in [6, 6.07) is 26.1. The van der Waals surface area contributed by atoms with Crippen LogP contribution < -0.4 is 4.90 Å². The lowest BCUT2D eigenvalue weighted by Gasteiger charge is -2.26. The van der Waals surface area contributed by atoms with E-state index in [0.717, 1.165) is 24.1 Å². The first-order valence-electron chi connectivity index (χ1n) is 11.0. The first kappa shape index (κ1) is 24.2. The smallest absolute Gasteiger partial charge is 0.0467 e. The summed E-state index contributed by atoms with van der Waals surface area (Å²) in [5.74, 6) is 0. The second-order valence-electron chi connectivity index (χ2n) is 6.17. The molecular weight excluding hydrogens is 350 g/mol. The summed E-state index contributed by atoms with van der Waals surface area (Å²) in [5, 5.41) is 0. The summed E-state index contributed by atoms with van der Waals surface area (Å²) in [7, 11) is 0. The minimum absolute atomic E-state index is 1.05. The van der Waals surface area contributed by atoms with Crippen LogP contribution in [0.3, 0.4) is 0 Å². The van der Waals surface area contributed by atoms with Crippen molar-refractivity contribution in [1.29, 1.82) is 0 Å². The average Bonchev–Trinajstić information content (AvgIpc) is 2.83. The van der Waals surface area contributed by atoms with Crippen LogP contribution in [0.15, 0.2) is 79.4 Å². The van der Waals surface area contributed by atoms with Crippen molar-refractivity contribution in [3.63, 3.8) is 0 Å². The Morgan fingerprint density at radius 1 is 0.655 bits per heavy atom.